The smallest absolute Gasteiger partial charge is 0.264 e. The van der Waals surface area contributed by atoms with Crippen molar-refractivity contribution in [2.24, 2.45) is 0 Å². The number of nitrogens with zero attached hydrogens (tertiary/aromatic N) is 8. The first-order valence-corrected chi connectivity index (χ1v) is 23.8. The number of hydrogen-bond donors (Lipinski definition) is 4. The number of rotatable bonds is 29. The van der Waals surface area contributed by atoms with E-state index in [1.165, 1.54) is 0 Å². The number of hydrogen-bond acceptors (Lipinski definition) is 18. The molecule has 3 aromatic heterocycles. The molecule has 1 atom stereocenters. The number of imide groups is 2. The fourth-order valence-corrected chi connectivity index (χ4v) is 8.03. The number of benzene rings is 1. The first kappa shape index (κ1) is 52.1. The van der Waals surface area contributed by atoms with Crippen molar-refractivity contribution < 1.29 is 52.5 Å². The lowest BCUT2D eigenvalue weighted by atomic mass is 10.0. The van der Waals surface area contributed by atoms with Crippen molar-refractivity contribution in [1.29, 1.82) is 0 Å². The summed E-state index contributed by atoms with van der Waals surface area (Å²) in [7, 11) is 1.93. The molecule has 1 unspecified atom stereocenters. The van der Waals surface area contributed by atoms with Crippen LogP contribution in [-0.2, 0) is 57.7 Å². The van der Waals surface area contributed by atoms with Gasteiger partial charge < -0.3 is 49.1 Å². The Morgan fingerprint density at radius 3 is 2.18 bits per heavy atom. The number of nitrogens with one attached hydrogen (secondary N) is 4. The summed E-state index contributed by atoms with van der Waals surface area (Å²) in [6, 6.07) is 11.3. The number of carbonyl (C=O) groups is 6. The van der Waals surface area contributed by atoms with Crippen LogP contribution in [0.15, 0.2) is 48.8 Å². The third kappa shape index (κ3) is 13.2. The molecule has 380 valence electrons. The number of aromatic nitrogens is 5. The van der Waals surface area contributed by atoms with Crippen molar-refractivity contribution in [2.75, 3.05) is 108 Å². The lowest BCUT2D eigenvalue weighted by Crippen LogP contribution is -2.54. The summed E-state index contributed by atoms with van der Waals surface area (Å²) in [6.07, 6.45) is 1.79. The number of ether oxygens (including phenoxy) is 5. The molecule has 1 aromatic carbocycles. The van der Waals surface area contributed by atoms with Crippen LogP contribution in [0.2, 0.25) is 0 Å². The van der Waals surface area contributed by atoms with Gasteiger partial charge in [-0.25, -0.2) is 9.97 Å². The van der Waals surface area contributed by atoms with Gasteiger partial charge in [0, 0.05) is 56.9 Å². The molecule has 23 heteroatoms. The highest BCUT2D eigenvalue weighted by Crippen LogP contribution is 2.34. The van der Waals surface area contributed by atoms with Crippen molar-refractivity contribution in [3.63, 3.8) is 0 Å². The molecule has 3 aliphatic rings. The second kappa shape index (κ2) is 25.4. The van der Waals surface area contributed by atoms with Crippen LogP contribution in [0.5, 0.6) is 0 Å². The molecule has 71 heavy (non-hydrogen) atoms. The van der Waals surface area contributed by atoms with E-state index in [-0.39, 0.29) is 61.5 Å². The molecule has 0 aliphatic carbocycles. The Bertz CT molecular complexity index is 2540. The quantitative estimate of drug-likeness (QED) is 0.0444. The third-order valence-corrected chi connectivity index (χ3v) is 12.0. The summed E-state index contributed by atoms with van der Waals surface area (Å²) < 4.78 is 29.8. The number of piperidine rings is 1. The normalized spacial score (nSPS) is 15.5. The zero-order valence-electron chi connectivity index (χ0n) is 40.6. The van der Waals surface area contributed by atoms with E-state index in [0.29, 0.717) is 126 Å². The molecule has 0 spiro atoms. The molecular weight excluding hydrogens is 921 g/mol. The highest BCUT2D eigenvalue weighted by Gasteiger charge is 2.45. The van der Waals surface area contributed by atoms with Crippen molar-refractivity contribution in [3.05, 3.63) is 76.7 Å². The maximum atomic E-state index is 13.9. The standard InChI is InChI=1S/C48H62N12O11/c1-5-58-30-52-56-44(58)36-10-7-11-39(53-36)59-29-34-33(46(59)64)26-40(57(4)31(2)3)54-37(34)27-49-28-42(62)51-15-17-68-19-21-70-23-25-71-24-22-69-20-18-67-16-14-50-35-9-6-8-32-43(35)48(66)60(47(32)65)38-12-13-41(61)55-45(38)63/h6-11,26,30-31,38,49-50H,5,12-25,27-29H2,1-4H3,(H,51,62)(H,55,61,63). The minimum Gasteiger partial charge on any atom is -0.382 e. The summed E-state index contributed by atoms with van der Waals surface area (Å²) in [5.41, 5.74) is 3.50. The highest BCUT2D eigenvalue weighted by molar-refractivity contribution is 6.25. The van der Waals surface area contributed by atoms with Crippen molar-refractivity contribution in [3.8, 4) is 11.5 Å². The Labute approximate surface area is 411 Å². The van der Waals surface area contributed by atoms with Gasteiger partial charge in [0.25, 0.3) is 17.7 Å². The van der Waals surface area contributed by atoms with Crippen molar-refractivity contribution in [2.45, 2.75) is 65.3 Å². The highest BCUT2D eigenvalue weighted by atomic mass is 16.6. The zero-order chi connectivity index (χ0) is 50.3. The number of pyridine rings is 2. The van der Waals surface area contributed by atoms with Gasteiger partial charge in [-0.05, 0) is 57.5 Å². The molecule has 1 fully saturated rings. The van der Waals surface area contributed by atoms with E-state index in [0.717, 1.165) is 10.5 Å². The van der Waals surface area contributed by atoms with Gasteiger partial charge in [0.15, 0.2) is 5.82 Å². The van der Waals surface area contributed by atoms with E-state index in [9.17, 15) is 28.8 Å². The number of anilines is 3. The van der Waals surface area contributed by atoms with Crippen LogP contribution >= 0.6 is 0 Å². The molecule has 3 aliphatic heterocycles. The van der Waals surface area contributed by atoms with E-state index in [2.05, 4.69) is 31.5 Å². The second-order valence-corrected chi connectivity index (χ2v) is 17.0. The maximum absolute atomic E-state index is 13.9. The fraction of sp³-hybridized carbons (Fsp3) is 0.500. The zero-order valence-corrected chi connectivity index (χ0v) is 40.6. The first-order chi connectivity index (χ1) is 34.5. The number of carbonyl (C=O) groups excluding carboxylic acids is 6. The molecule has 4 N–H and O–H groups in total. The second-order valence-electron chi connectivity index (χ2n) is 17.0. The first-order valence-electron chi connectivity index (χ1n) is 23.8. The molecule has 4 aromatic rings. The van der Waals surface area contributed by atoms with Gasteiger partial charge in [-0.15, -0.1) is 10.2 Å². The van der Waals surface area contributed by atoms with Crippen LogP contribution < -0.4 is 31.1 Å². The Balaban J connectivity index is 0.698. The number of aryl methyl sites for hydroxylation is 1. The van der Waals surface area contributed by atoms with E-state index >= 15 is 0 Å². The van der Waals surface area contributed by atoms with E-state index in [4.69, 9.17) is 33.7 Å². The maximum Gasteiger partial charge on any atom is 0.264 e. The minimum atomic E-state index is -1.03. The van der Waals surface area contributed by atoms with Crippen LogP contribution in [0.4, 0.5) is 17.3 Å². The Kier molecular flexibility index (Phi) is 18.6. The summed E-state index contributed by atoms with van der Waals surface area (Å²) in [5.74, 6) is -0.809. The summed E-state index contributed by atoms with van der Waals surface area (Å²) in [5, 5.41) is 19.6. The monoisotopic (exact) mass is 982 g/mol. The third-order valence-electron chi connectivity index (χ3n) is 12.0. The lowest BCUT2D eigenvalue weighted by molar-refractivity contribution is -0.136. The largest absolute Gasteiger partial charge is 0.382 e. The van der Waals surface area contributed by atoms with Gasteiger partial charge in [-0.3, -0.25) is 43.9 Å². The van der Waals surface area contributed by atoms with Gasteiger partial charge >= 0.3 is 0 Å². The molecule has 6 heterocycles. The Morgan fingerprint density at radius 2 is 1.51 bits per heavy atom. The van der Waals surface area contributed by atoms with Gasteiger partial charge in [0.1, 0.15) is 29.7 Å². The predicted octanol–water partition coefficient (Wildman–Crippen LogP) is 1.56. The molecule has 6 amide bonds. The van der Waals surface area contributed by atoms with Crippen LogP contribution in [0.25, 0.3) is 11.5 Å². The molecule has 0 saturated carbocycles. The summed E-state index contributed by atoms with van der Waals surface area (Å²) in [4.78, 5) is 91.0. The Hall–Kier alpha value is -6.76. The molecular formula is C48H62N12O11. The summed E-state index contributed by atoms with van der Waals surface area (Å²) >= 11 is 0. The molecule has 7 rings (SSSR count). The Morgan fingerprint density at radius 1 is 0.831 bits per heavy atom. The lowest BCUT2D eigenvalue weighted by Gasteiger charge is -2.27. The van der Waals surface area contributed by atoms with Gasteiger partial charge in [0.2, 0.25) is 17.7 Å². The van der Waals surface area contributed by atoms with E-state index in [1.54, 1.807) is 35.5 Å². The summed E-state index contributed by atoms with van der Waals surface area (Å²) in [6.45, 7) is 11.7. The average molecular weight is 983 g/mol. The van der Waals surface area contributed by atoms with Crippen LogP contribution in [-0.4, -0.2) is 170 Å². The van der Waals surface area contributed by atoms with Crippen LogP contribution in [0.1, 0.15) is 75.9 Å². The van der Waals surface area contributed by atoms with Crippen molar-refractivity contribution in [1.82, 2.24) is 45.6 Å². The number of amides is 6. The van der Waals surface area contributed by atoms with Crippen LogP contribution in [0, 0.1) is 0 Å². The predicted molar refractivity (Wildman–Crippen MR) is 258 cm³/mol. The fourth-order valence-electron chi connectivity index (χ4n) is 8.03. The van der Waals surface area contributed by atoms with Gasteiger partial charge in [-0.1, -0.05) is 12.1 Å². The van der Waals surface area contributed by atoms with Crippen molar-refractivity contribution >= 4 is 52.8 Å². The molecule has 0 radical (unpaired) electrons. The minimum absolute atomic E-state index is 0.0466. The van der Waals surface area contributed by atoms with Crippen LogP contribution in [0.3, 0.4) is 0 Å². The average Bonchev–Trinajstić information content (AvgIpc) is 4.06. The topological polar surface area (TPSA) is 263 Å². The number of fused-ring (bicyclic) bond motifs is 2. The molecule has 23 nitrogen and oxygen atoms in total. The van der Waals surface area contributed by atoms with Gasteiger partial charge in [-0.2, -0.15) is 0 Å². The molecule has 0 bridgehead atoms. The van der Waals surface area contributed by atoms with Gasteiger partial charge in [0.05, 0.1) is 102 Å². The van der Waals surface area contributed by atoms with E-state index in [1.807, 2.05) is 55.5 Å². The SMILES string of the molecule is CCn1cnnc1-c1cccc(N2Cc3c(cc(N(C)C(C)C)nc3CNCC(=O)NCCOCCOCCOCCOCCOCCNc3cccc4c3C(=O)N(C3CCC(=O)NC3=O)C4=O)C2=O)n1. The molecule has 1 saturated heterocycles. The van der Waals surface area contributed by atoms with E-state index < -0.39 is 29.7 Å².